The number of fused-ring (bicyclic) bond motifs is 2. The lowest BCUT2D eigenvalue weighted by atomic mass is 9.87. The fraction of sp³-hybridized carbons (Fsp3) is 0.360. The van der Waals surface area contributed by atoms with Crippen LogP contribution in [0.1, 0.15) is 53.7 Å². The van der Waals surface area contributed by atoms with Gasteiger partial charge in [-0.2, -0.15) is 0 Å². The number of carbonyl (C=O) groups excluding carboxylic acids is 4. The lowest BCUT2D eigenvalue weighted by molar-refractivity contribution is -0.136. The molecular formula is C25H25N3O6. The minimum Gasteiger partial charge on any atom is -0.492 e. The molecule has 3 heterocycles. The van der Waals surface area contributed by atoms with Crippen LogP contribution in [0.5, 0.6) is 5.75 Å². The summed E-state index contributed by atoms with van der Waals surface area (Å²) < 4.78 is 11.1. The Labute approximate surface area is 196 Å². The summed E-state index contributed by atoms with van der Waals surface area (Å²) in [5.74, 6) is -0.283. The van der Waals surface area contributed by atoms with Gasteiger partial charge in [-0.05, 0) is 29.7 Å². The number of hydrogen-bond donors (Lipinski definition) is 2. The maximum absolute atomic E-state index is 12.9. The Balaban J connectivity index is 1.20. The molecule has 176 valence electrons. The summed E-state index contributed by atoms with van der Waals surface area (Å²) in [4.78, 5) is 50.3. The van der Waals surface area contributed by atoms with E-state index in [2.05, 4.69) is 24.5 Å². The van der Waals surface area contributed by atoms with Gasteiger partial charge in [0.25, 0.3) is 5.91 Å². The Morgan fingerprint density at radius 3 is 2.82 bits per heavy atom. The number of anilines is 1. The topological polar surface area (TPSA) is 114 Å². The summed E-state index contributed by atoms with van der Waals surface area (Å²) in [5, 5.41) is 4.99. The molecule has 1 unspecified atom stereocenters. The number of piperidine rings is 1. The van der Waals surface area contributed by atoms with Crippen molar-refractivity contribution in [2.24, 2.45) is 0 Å². The standard InChI is InChI=1S/C25H25N3O6/c1-25(2)13-34-20-10-16(5-6-18(20)25)26-24(32)33-12-14-3-4-15-11-28(23(31)17(15)9-14)19-7-8-21(29)27-22(19)30/h3-6,9-10,19H,7-8,11-13H2,1-2H3,(H,26,32)(H,27,29,30). The van der Waals surface area contributed by atoms with E-state index in [0.717, 1.165) is 16.9 Å². The van der Waals surface area contributed by atoms with Crippen LogP contribution in [0.25, 0.3) is 0 Å². The van der Waals surface area contributed by atoms with Crippen molar-refractivity contribution in [1.82, 2.24) is 10.2 Å². The second-order valence-corrected chi connectivity index (χ2v) is 9.48. The van der Waals surface area contributed by atoms with Gasteiger partial charge in [-0.25, -0.2) is 4.79 Å². The van der Waals surface area contributed by atoms with Crippen LogP contribution in [0.2, 0.25) is 0 Å². The van der Waals surface area contributed by atoms with Gasteiger partial charge in [0.1, 0.15) is 18.4 Å². The van der Waals surface area contributed by atoms with E-state index >= 15 is 0 Å². The molecule has 0 radical (unpaired) electrons. The van der Waals surface area contributed by atoms with Crippen molar-refractivity contribution in [3.05, 3.63) is 58.7 Å². The predicted molar refractivity (Wildman–Crippen MR) is 121 cm³/mol. The van der Waals surface area contributed by atoms with Crippen molar-refractivity contribution < 1.29 is 28.7 Å². The number of nitrogens with zero attached hydrogens (tertiary/aromatic N) is 1. The molecule has 9 nitrogen and oxygen atoms in total. The van der Waals surface area contributed by atoms with Gasteiger partial charge in [-0.1, -0.05) is 32.0 Å². The molecule has 9 heteroatoms. The molecule has 1 atom stereocenters. The number of hydrogen-bond acceptors (Lipinski definition) is 6. The van der Waals surface area contributed by atoms with Crippen molar-refractivity contribution in [2.75, 3.05) is 11.9 Å². The highest BCUT2D eigenvalue weighted by Crippen LogP contribution is 2.39. The Kier molecular flexibility index (Phi) is 5.27. The summed E-state index contributed by atoms with van der Waals surface area (Å²) in [6, 6.07) is 10.1. The number of amides is 4. The molecule has 34 heavy (non-hydrogen) atoms. The second-order valence-electron chi connectivity index (χ2n) is 9.48. The third-order valence-electron chi connectivity index (χ3n) is 6.51. The van der Waals surface area contributed by atoms with E-state index < -0.39 is 18.0 Å². The highest BCUT2D eigenvalue weighted by Gasteiger charge is 2.39. The van der Waals surface area contributed by atoms with E-state index in [-0.39, 0.29) is 30.3 Å². The van der Waals surface area contributed by atoms with Gasteiger partial charge in [-0.3, -0.25) is 25.0 Å². The minimum absolute atomic E-state index is 0.0146. The summed E-state index contributed by atoms with van der Waals surface area (Å²) in [6.45, 7) is 5.09. The Morgan fingerprint density at radius 1 is 1.21 bits per heavy atom. The summed E-state index contributed by atoms with van der Waals surface area (Å²) in [6.07, 6.45) is -0.0980. The molecule has 2 N–H and O–H groups in total. The first kappa shape index (κ1) is 21.9. The van der Waals surface area contributed by atoms with Gasteiger partial charge in [-0.15, -0.1) is 0 Å². The van der Waals surface area contributed by atoms with E-state index in [1.165, 1.54) is 4.90 Å². The maximum Gasteiger partial charge on any atom is 0.411 e. The molecule has 2 aromatic carbocycles. The molecule has 1 saturated heterocycles. The summed E-state index contributed by atoms with van der Waals surface area (Å²) >= 11 is 0. The molecule has 5 rings (SSSR count). The van der Waals surface area contributed by atoms with E-state index in [9.17, 15) is 19.2 Å². The summed E-state index contributed by atoms with van der Waals surface area (Å²) in [5.41, 5.74) is 3.54. The number of ether oxygens (including phenoxy) is 2. The largest absolute Gasteiger partial charge is 0.492 e. The van der Waals surface area contributed by atoms with Gasteiger partial charge < -0.3 is 14.4 Å². The highest BCUT2D eigenvalue weighted by atomic mass is 16.5. The average molecular weight is 463 g/mol. The quantitative estimate of drug-likeness (QED) is 0.674. The zero-order valence-corrected chi connectivity index (χ0v) is 19.0. The van der Waals surface area contributed by atoms with Crippen LogP contribution in [0.15, 0.2) is 36.4 Å². The Bertz CT molecular complexity index is 1220. The first-order valence-electron chi connectivity index (χ1n) is 11.2. The number of nitrogens with one attached hydrogen (secondary N) is 2. The maximum atomic E-state index is 12.9. The molecule has 0 aromatic heterocycles. The van der Waals surface area contributed by atoms with Crippen LogP contribution in [0, 0.1) is 0 Å². The number of imide groups is 1. The van der Waals surface area contributed by atoms with Crippen LogP contribution < -0.4 is 15.4 Å². The molecule has 0 spiro atoms. The number of benzene rings is 2. The molecule has 0 aliphatic carbocycles. The van der Waals surface area contributed by atoms with Gasteiger partial charge in [0, 0.05) is 41.3 Å². The monoisotopic (exact) mass is 463 g/mol. The van der Waals surface area contributed by atoms with Crippen molar-refractivity contribution >= 4 is 29.5 Å². The average Bonchev–Trinajstić information content (AvgIpc) is 3.28. The van der Waals surface area contributed by atoms with Crippen molar-refractivity contribution in [3.63, 3.8) is 0 Å². The summed E-state index contributed by atoms with van der Waals surface area (Å²) in [7, 11) is 0. The van der Waals surface area contributed by atoms with Gasteiger partial charge in [0.05, 0.1) is 6.61 Å². The zero-order valence-electron chi connectivity index (χ0n) is 19.0. The Morgan fingerprint density at radius 2 is 2.03 bits per heavy atom. The Hall–Kier alpha value is -3.88. The van der Waals surface area contributed by atoms with Crippen LogP contribution >= 0.6 is 0 Å². The van der Waals surface area contributed by atoms with E-state index in [4.69, 9.17) is 9.47 Å². The first-order chi connectivity index (χ1) is 16.2. The van der Waals surface area contributed by atoms with E-state index in [0.29, 0.717) is 36.4 Å². The van der Waals surface area contributed by atoms with Crippen LogP contribution in [0.3, 0.4) is 0 Å². The number of rotatable bonds is 4. The van der Waals surface area contributed by atoms with Gasteiger partial charge in [0.15, 0.2) is 0 Å². The van der Waals surface area contributed by atoms with Crippen LogP contribution in [-0.4, -0.2) is 41.4 Å². The van der Waals surface area contributed by atoms with Gasteiger partial charge >= 0.3 is 6.09 Å². The smallest absolute Gasteiger partial charge is 0.411 e. The van der Waals surface area contributed by atoms with Crippen molar-refractivity contribution in [1.29, 1.82) is 0 Å². The van der Waals surface area contributed by atoms with Crippen molar-refractivity contribution in [3.8, 4) is 5.75 Å². The normalized spacial score (nSPS) is 20.4. The fourth-order valence-corrected chi connectivity index (χ4v) is 4.61. The number of carbonyl (C=O) groups is 4. The van der Waals surface area contributed by atoms with Gasteiger partial charge in [0.2, 0.25) is 11.8 Å². The SMILES string of the molecule is CC1(C)COc2cc(NC(=O)OCc3ccc4c(c3)C(=O)N(C3CCC(=O)NC3=O)C4)ccc21. The van der Waals surface area contributed by atoms with Crippen LogP contribution in [-0.2, 0) is 32.9 Å². The third-order valence-corrected chi connectivity index (χ3v) is 6.51. The molecule has 1 fully saturated rings. The molecule has 2 aromatic rings. The molecule has 0 bridgehead atoms. The van der Waals surface area contributed by atoms with Crippen molar-refractivity contribution in [2.45, 2.75) is 51.3 Å². The predicted octanol–water partition coefficient (Wildman–Crippen LogP) is 2.87. The van der Waals surface area contributed by atoms with E-state index in [1.54, 1.807) is 24.3 Å². The fourth-order valence-electron chi connectivity index (χ4n) is 4.61. The van der Waals surface area contributed by atoms with Crippen LogP contribution in [0.4, 0.5) is 10.5 Å². The highest BCUT2D eigenvalue weighted by molar-refractivity contribution is 6.05. The van der Waals surface area contributed by atoms with E-state index in [1.807, 2.05) is 12.1 Å². The molecule has 3 aliphatic rings. The molecule has 4 amide bonds. The lowest BCUT2D eigenvalue weighted by Crippen LogP contribution is -2.52. The zero-order chi connectivity index (χ0) is 24.0. The second kappa shape index (κ2) is 8.16. The molecule has 0 saturated carbocycles. The first-order valence-corrected chi connectivity index (χ1v) is 11.2. The third kappa shape index (κ3) is 3.98. The molecule has 3 aliphatic heterocycles. The lowest BCUT2D eigenvalue weighted by Gasteiger charge is -2.29. The minimum atomic E-state index is -0.662. The molecular weight excluding hydrogens is 438 g/mol.